The van der Waals surface area contributed by atoms with E-state index in [1.807, 2.05) is 0 Å². The van der Waals surface area contributed by atoms with Gasteiger partial charge in [-0.1, -0.05) is 6.08 Å². The summed E-state index contributed by atoms with van der Waals surface area (Å²) in [6.07, 6.45) is 1.91. The maximum Gasteiger partial charge on any atom is 0.201 e. The van der Waals surface area contributed by atoms with Crippen LogP contribution >= 0.6 is 15.9 Å². The summed E-state index contributed by atoms with van der Waals surface area (Å²) < 4.78 is 26.0. The molecule has 1 aromatic carbocycles. The molecule has 0 saturated heterocycles. The van der Waals surface area contributed by atoms with Gasteiger partial charge >= 0.3 is 0 Å². The molecule has 5 heteroatoms. The predicted molar refractivity (Wildman–Crippen MR) is 57.5 cm³/mol. The first-order chi connectivity index (χ1) is 6.99. The van der Waals surface area contributed by atoms with Gasteiger partial charge in [0, 0.05) is 11.6 Å². The molecule has 0 aromatic heterocycles. The lowest BCUT2D eigenvalue weighted by atomic mass is 10.0. The first-order valence-corrected chi connectivity index (χ1v) is 5.01. The van der Waals surface area contributed by atoms with Crippen molar-refractivity contribution in [3.8, 4) is 5.75 Å². The Bertz CT molecular complexity index is 395. The molecule has 0 unspecified atom stereocenters. The molecule has 0 saturated carbocycles. The summed E-state index contributed by atoms with van der Waals surface area (Å²) in [5, 5.41) is 9.35. The van der Waals surface area contributed by atoms with Gasteiger partial charge in [0.1, 0.15) is 0 Å². The zero-order chi connectivity index (χ0) is 11.6. The Balaban J connectivity index is 3.25. The molecule has 0 aliphatic carbocycles. The fourth-order valence-electron chi connectivity index (χ4n) is 1.19. The van der Waals surface area contributed by atoms with Crippen molar-refractivity contribution in [1.29, 1.82) is 0 Å². The number of aromatic hydroxyl groups is 1. The molecular weight excluding hydrogens is 268 g/mol. The third kappa shape index (κ3) is 2.35. The van der Waals surface area contributed by atoms with Crippen LogP contribution in [0.4, 0.5) is 8.78 Å². The molecule has 1 rings (SSSR count). The van der Waals surface area contributed by atoms with Crippen LogP contribution in [0.15, 0.2) is 23.2 Å². The Labute approximate surface area is 94.5 Å². The molecule has 3 N–H and O–H groups in total. The Morgan fingerprint density at radius 3 is 2.67 bits per heavy atom. The van der Waals surface area contributed by atoms with Crippen LogP contribution in [-0.2, 0) is 0 Å². The molecule has 0 heterocycles. The molecule has 2 nitrogen and oxygen atoms in total. The molecule has 0 bridgehead atoms. The number of hydrogen-bond donors (Lipinski definition) is 2. The van der Waals surface area contributed by atoms with Gasteiger partial charge in [-0.2, -0.15) is 4.39 Å². The van der Waals surface area contributed by atoms with E-state index in [0.717, 1.165) is 0 Å². The van der Waals surface area contributed by atoms with E-state index in [1.165, 1.54) is 6.07 Å². The van der Waals surface area contributed by atoms with Gasteiger partial charge < -0.3 is 10.8 Å². The molecule has 0 spiro atoms. The van der Waals surface area contributed by atoms with Crippen molar-refractivity contribution >= 4 is 15.9 Å². The quantitative estimate of drug-likeness (QED) is 0.659. The van der Waals surface area contributed by atoms with Gasteiger partial charge in [0.05, 0.1) is 4.47 Å². The topological polar surface area (TPSA) is 46.2 Å². The molecule has 0 radical (unpaired) electrons. The molecule has 15 heavy (non-hydrogen) atoms. The third-order valence-corrected chi connectivity index (χ3v) is 2.56. The second kappa shape index (κ2) is 4.72. The molecule has 1 aromatic rings. The summed E-state index contributed by atoms with van der Waals surface area (Å²) in [7, 11) is 0. The number of hydrogen-bond acceptors (Lipinski definition) is 2. The number of benzene rings is 1. The Hall–Kier alpha value is -0.940. The van der Waals surface area contributed by atoms with E-state index in [4.69, 9.17) is 5.73 Å². The van der Waals surface area contributed by atoms with E-state index in [9.17, 15) is 13.9 Å². The van der Waals surface area contributed by atoms with Crippen LogP contribution in [-0.4, -0.2) is 5.11 Å². The highest BCUT2D eigenvalue weighted by molar-refractivity contribution is 9.10. The largest absolute Gasteiger partial charge is 0.505 e. The summed E-state index contributed by atoms with van der Waals surface area (Å²) in [6, 6.07) is 0.663. The molecule has 82 valence electrons. The van der Waals surface area contributed by atoms with Crippen molar-refractivity contribution in [1.82, 2.24) is 0 Å². The maximum absolute atomic E-state index is 13.1. The van der Waals surface area contributed by atoms with Crippen molar-refractivity contribution in [2.75, 3.05) is 0 Å². The lowest BCUT2D eigenvalue weighted by Gasteiger charge is -2.13. The standard InChI is InChI=1S/C10H10BrF2NO/c1-2-3-7(14)5-4-6(11)8(12)9(13)10(5)15/h2,4,7,15H,1,3,14H2/t7-/m1/s1. The minimum atomic E-state index is -1.29. The lowest BCUT2D eigenvalue weighted by Crippen LogP contribution is -2.10. The van der Waals surface area contributed by atoms with Crippen molar-refractivity contribution < 1.29 is 13.9 Å². The predicted octanol–water partition coefficient (Wildman–Crippen LogP) is 3.01. The summed E-state index contributed by atoms with van der Waals surface area (Å²) in [5.74, 6) is -3.16. The van der Waals surface area contributed by atoms with Gasteiger partial charge in [-0.25, -0.2) is 4.39 Å². The van der Waals surface area contributed by atoms with Gasteiger partial charge in [0.2, 0.25) is 5.82 Å². The van der Waals surface area contributed by atoms with Crippen molar-refractivity contribution in [2.45, 2.75) is 12.5 Å². The second-order valence-electron chi connectivity index (χ2n) is 3.06. The molecule has 0 amide bonds. The van der Waals surface area contributed by atoms with Crippen LogP contribution in [0.25, 0.3) is 0 Å². The summed E-state index contributed by atoms with van der Waals surface area (Å²) in [5.41, 5.74) is 5.81. The van der Waals surface area contributed by atoms with E-state index in [-0.39, 0.29) is 10.0 Å². The van der Waals surface area contributed by atoms with E-state index in [0.29, 0.717) is 6.42 Å². The number of rotatable bonds is 3. The van der Waals surface area contributed by atoms with E-state index >= 15 is 0 Å². The second-order valence-corrected chi connectivity index (χ2v) is 3.91. The molecule has 1 atom stereocenters. The molecular formula is C10H10BrF2NO. The first kappa shape index (κ1) is 12.1. The SMILES string of the molecule is C=CC[C@@H](N)c1cc(Br)c(F)c(F)c1O. The summed E-state index contributed by atoms with van der Waals surface area (Å²) >= 11 is 2.84. The number of phenolic OH excluding ortho intramolecular Hbond substituents is 1. The molecule has 0 fully saturated rings. The Morgan fingerprint density at radius 1 is 1.53 bits per heavy atom. The van der Waals surface area contributed by atoms with Crippen LogP contribution in [0.2, 0.25) is 0 Å². The minimum absolute atomic E-state index is 0.0627. The van der Waals surface area contributed by atoms with E-state index < -0.39 is 23.4 Å². The summed E-state index contributed by atoms with van der Waals surface area (Å²) in [4.78, 5) is 0. The smallest absolute Gasteiger partial charge is 0.201 e. The number of nitrogens with two attached hydrogens (primary N) is 1. The van der Waals surface area contributed by atoms with Crippen molar-refractivity contribution in [3.63, 3.8) is 0 Å². The third-order valence-electron chi connectivity index (χ3n) is 1.99. The minimum Gasteiger partial charge on any atom is -0.505 e. The average Bonchev–Trinajstić information content (AvgIpc) is 2.20. The van der Waals surface area contributed by atoms with Crippen LogP contribution in [0.5, 0.6) is 5.75 Å². The fourth-order valence-corrected chi connectivity index (χ4v) is 1.61. The Morgan fingerprint density at radius 2 is 2.13 bits per heavy atom. The van der Waals surface area contributed by atoms with Gasteiger partial charge in [-0.3, -0.25) is 0 Å². The zero-order valence-electron chi connectivity index (χ0n) is 7.80. The Kier molecular flexibility index (Phi) is 3.82. The first-order valence-electron chi connectivity index (χ1n) is 4.21. The van der Waals surface area contributed by atoms with Crippen LogP contribution in [0, 0.1) is 11.6 Å². The van der Waals surface area contributed by atoms with Crippen LogP contribution in [0.3, 0.4) is 0 Å². The van der Waals surface area contributed by atoms with Crippen molar-refractivity contribution in [3.05, 3.63) is 40.4 Å². The highest BCUT2D eigenvalue weighted by Gasteiger charge is 2.19. The molecule has 0 aliphatic rings. The number of phenols is 1. The van der Waals surface area contributed by atoms with Gasteiger partial charge in [-0.15, -0.1) is 6.58 Å². The number of halogens is 3. The van der Waals surface area contributed by atoms with Crippen LogP contribution < -0.4 is 5.73 Å². The average molecular weight is 278 g/mol. The maximum atomic E-state index is 13.1. The van der Waals surface area contributed by atoms with Gasteiger partial charge in [0.15, 0.2) is 11.6 Å². The monoisotopic (exact) mass is 277 g/mol. The van der Waals surface area contributed by atoms with Gasteiger partial charge in [0.25, 0.3) is 0 Å². The zero-order valence-corrected chi connectivity index (χ0v) is 9.39. The highest BCUT2D eigenvalue weighted by Crippen LogP contribution is 2.33. The normalized spacial score (nSPS) is 12.5. The van der Waals surface area contributed by atoms with E-state index in [1.54, 1.807) is 6.08 Å². The van der Waals surface area contributed by atoms with E-state index in [2.05, 4.69) is 22.5 Å². The van der Waals surface area contributed by atoms with Crippen LogP contribution in [0.1, 0.15) is 18.0 Å². The van der Waals surface area contributed by atoms with Crippen molar-refractivity contribution in [2.24, 2.45) is 5.73 Å². The fraction of sp³-hybridized carbons (Fsp3) is 0.200. The lowest BCUT2D eigenvalue weighted by molar-refractivity contribution is 0.395. The summed E-state index contributed by atoms with van der Waals surface area (Å²) in [6.45, 7) is 3.48. The van der Waals surface area contributed by atoms with Gasteiger partial charge in [-0.05, 0) is 28.4 Å². The molecule has 0 aliphatic heterocycles. The highest BCUT2D eigenvalue weighted by atomic mass is 79.9.